The number of ether oxygens (including phenoxy) is 2. The van der Waals surface area contributed by atoms with E-state index in [2.05, 4.69) is 28.5 Å². The Kier molecular flexibility index (Phi) is 3.70. The van der Waals surface area contributed by atoms with Crippen molar-refractivity contribution >= 4 is 20.9 Å². The Balaban J connectivity index is 1.43. The first-order valence-electron chi connectivity index (χ1n) is 9.00. The van der Waals surface area contributed by atoms with Gasteiger partial charge in [-0.25, -0.2) is 13.1 Å². The number of hydrogen-bond donors (Lipinski definition) is 1. The van der Waals surface area contributed by atoms with Crippen LogP contribution in [0.1, 0.15) is 17.7 Å². The van der Waals surface area contributed by atoms with Crippen molar-refractivity contribution in [1.82, 2.24) is 9.29 Å². The molecule has 1 aliphatic heterocycles. The summed E-state index contributed by atoms with van der Waals surface area (Å²) in [6.07, 6.45) is 2.33. The molecule has 1 atom stereocenters. The van der Waals surface area contributed by atoms with E-state index >= 15 is 0 Å². The first-order valence-corrected chi connectivity index (χ1v) is 10.5. The molecule has 1 N–H and O–H groups in total. The lowest BCUT2D eigenvalue weighted by molar-refractivity contribution is 0.174. The highest BCUT2D eigenvalue weighted by Gasteiger charge is 2.28. The average molecular weight is 384 g/mol. The maximum atomic E-state index is 12.9. The predicted molar refractivity (Wildman–Crippen MR) is 102 cm³/mol. The van der Waals surface area contributed by atoms with Gasteiger partial charge in [0, 0.05) is 35.8 Å². The largest absolute Gasteiger partial charge is 0.454 e. The molecule has 0 amide bonds. The van der Waals surface area contributed by atoms with Gasteiger partial charge in [0.15, 0.2) is 11.5 Å². The van der Waals surface area contributed by atoms with Crippen molar-refractivity contribution in [3.63, 3.8) is 0 Å². The van der Waals surface area contributed by atoms with Gasteiger partial charge in [0.05, 0.1) is 4.90 Å². The van der Waals surface area contributed by atoms with E-state index in [1.807, 2.05) is 12.1 Å². The molecule has 1 aliphatic carbocycles. The van der Waals surface area contributed by atoms with E-state index in [0.29, 0.717) is 17.9 Å². The summed E-state index contributed by atoms with van der Waals surface area (Å²) in [5, 5.41) is 1.21. The number of nitrogens with one attached hydrogen (secondary N) is 1. The first kappa shape index (κ1) is 16.6. The Labute approximate surface area is 157 Å². The molecule has 0 radical (unpaired) electrons. The molecule has 7 heteroatoms. The topological polar surface area (TPSA) is 69.6 Å². The Hall–Kier alpha value is -2.51. The van der Waals surface area contributed by atoms with E-state index < -0.39 is 10.0 Å². The zero-order chi connectivity index (χ0) is 18.6. The molecule has 1 aromatic heterocycles. The molecular weight excluding hydrogens is 364 g/mol. The van der Waals surface area contributed by atoms with E-state index in [1.165, 1.54) is 28.2 Å². The minimum atomic E-state index is -3.62. The summed E-state index contributed by atoms with van der Waals surface area (Å²) < 4.78 is 41.4. The van der Waals surface area contributed by atoms with Gasteiger partial charge in [-0.05, 0) is 43.0 Å². The zero-order valence-electron chi connectivity index (χ0n) is 14.9. The third-order valence-electron chi connectivity index (χ3n) is 5.50. The molecule has 27 heavy (non-hydrogen) atoms. The highest BCUT2D eigenvalue weighted by Crippen LogP contribution is 2.35. The van der Waals surface area contributed by atoms with Crippen molar-refractivity contribution in [3.8, 4) is 11.5 Å². The summed E-state index contributed by atoms with van der Waals surface area (Å²) in [6, 6.07) is 12.9. The van der Waals surface area contributed by atoms with Gasteiger partial charge in [-0.3, -0.25) is 0 Å². The molecule has 2 aromatic carbocycles. The number of sulfonamides is 1. The lowest BCUT2D eigenvalue weighted by Crippen LogP contribution is -2.38. The molecule has 0 saturated heterocycles. The number of aryl methyl sites for hydroxylation is 1. The van der Waals surface area contributed by atoms with Crippen molar-refractivity contribution in [2.45, 2.75) is 30.2 Å². The molecule has 2 aliphatic rings. The highest BCUT2D eigenvalue weighted by atomic mass is 32.2. The van der Waals surface area contributed by atoms with E-state index in [1.54, 1.807) is 12.1 Å². The first-order chi connectivity index (χ1) is 13.0. The average Bonchev–Trinajstić information content (AvgIpc) is 3.24. The van der Waals surface area contributed by atoms with E-state index in [-0.39, 0.29) is 17.7 Å². The second-order valence-electron chi connectivity index (χ2n) is 7.08. The van der Waals surface area contributed by atoms with Crippen LogP contribution in [-0.4, -0.2) is 25.8 Å². The minimum Gasteiger partial charge on any atom is -0.454 e. The monoisotopic (exact) mass is 384 g/mol. The molecule has 2 heterocycles. The van der Waals surface area contributed by atoms with Crippen LogP contribution in [0, 0.1) is 0 Å². The van der Waals surface area contributed by atoms with Crippen LogP contribution < -0.4 is 14.2 Å². The third kappa shape index (κ3) is 2.69. The van der Waals surface area contributed by atoms with Crippen LogP contribution in [0.3, 0.4) is 0 Å². The molecule has 6 nitrogen and oxygen atoms in total. The Morgan fingerprint density at radius 2 is 1.93 bits per heavy atom. The van der Waals surface area contributed by atoms with Gasteiger partial charge in [0.1, 0.15) is 0 Å². The Morgan fingerprint density at radius 1 is 1.11 bits per heavy atom. The summed E-state index contributed by atoms with van der Waals surface area (Å²) in [7, 11) is -1.54. The van der Waals surface area contributed by atoms with Gasteiger partial charge >= 0.3 is 0 Å². The van der Waals surface area contributed by atoms with Crippen molar-refractivity contribution < 1.29 is 17.9 Å². The SMILES string of the molecule is Cn1c2c(c3ccccc31)CC(NS(=O)(=O)c1ccc3c(c1)OCO3)CC2. The second kappa shape index (κ2) is 6.00. The summed E-state index contributed by atoms with van der Waals surface area (Å²) in [5.74, 6) is 1.05. The van der Waals surface area contributed by atoms with Gasteiger partial charge in [-0.1, -0.05) is 18.2 Å². The smallest absolute Gasteiger partial charge is 0.240 e. The predicted octanol–water partition coefficient (Wildman–Crippen LogP) is 2.74. The van der Waals surface area contributed by atoms with Crippen molar-refractivity contribution in [2.24, 2.45) is 7.05 Å². The zero-order valence-corrected chi connectivity index (χ0v) is 15.8. The number of aromatic nitrogens is 1. The quantitative estimate of drug-likeness (QED) is 0.754. The van der Waals surface area contributed by atoms with Crippen LogP contribution in [0.4, 0.5) is 0 Å². The molecule has 1 unspecified atom stereocenters. The fourth-order valence-corrected chi connectivity index (χ4v) is 5.45. The minimum absolute atomic E-state index is 0.124. The van der Waals surface area contributed by atoms with Crippen LogP contribution in [-0.2, 0) is 29.9 Å². The maximum Gasteiger partial charge on any atom is 0.240 e. The highest BCUT2D eigenvalue weighted by molar-refractivity contribution is 7.89. The van der Waals surface area contributed by atoms with E-state index in [0.717, 1.165) is 12.8 Å². The summed E-state index contributed by atoms with van der Waals surface area (Å²) in [6.45, 7) is 0.124. The number of hydrogen-bond acceptors (Lipinski definition) is 4. The number of rotatable bonds is 3. The van der Waals surface area contributed by atoms with Crippen molar-refractivity contribution in [3.05, 3.63) is 53.7 Å². The van der Waals surface area contributed by atoms with Crippen molar-refractivity contribution in [1.29, 1.82) is 0 Å². The summed E-state index contributed by atoms with van der Waals surface area (Å²) >= 11 is 0. The number of fused-ring (bicyclic) bond motifs is 4. The van der Waals surface area contributed by atoms with E-state index in [9.17, 15) is 8.42 Å². The Bertz CT molecular complexity index is 1150. The van der Waals surface area contributed by atoms with Crippen molar-refractivity contribution in [2.75, 3.05) is 6.79 Å². The standard InChI is InChI=1S/C20H20N2O4S/c1-22-17-5-3-2-4-15(17)16-10-13(6-8-18(16)22)21-27(23,24)14-7-9-19-20(11-14)26-12-25-19/h2-5,7,9,11,13,21H,6,8,10,12H2,1H3. The molecular formula is C20H20N2O4S. The van der Waals surface area contributed by atoms with Gasteiger partial charge in [-0.15, -0.1) is 0 Å². The number of para-hydroxylation sites is 1. The third-order valence-corrected chi connectivity index (χ3v) is 7.02. The fraction of sp³-hybridized carbons (Fsp3) is 0.300. The molecule has 0 saturated carbocycles. The second-order valence-corrected chi connectivity index (χ2v) is 8.79. The van der Waals surface area contributed by atoms with Crippen LogP contribution in [0.2, 0.25) is 0 Å². The normalized spacial score (nSPS) is 18.6. The molecule has 0 bridgehead atoms. The van der Waals surface area contributed by atoms with Gasteiger partial charge < -0.3 is 14.0 Å². The van der Waals surface area contributed by atoms with E-state index in [4.69, 9.17) is 9.47 Å². The molecule has 0 spiro atoms. The summed E-state index contributed by atoms with van der Waals surface area (Å²) in [4.78, 5) is 0.204. The number of benzene rings is 2. The van der Waals surface area contributed by atoms with Crippen LogP contribution in [0.15, 0.2) is 47.4 Å². The van der Waals surface area contributed by atoms with Crippen LogP contribution >= 0.6 is 0 Å². The Morgan fingerprint density at radius 3 is 2.81 bits per heavy atom. The van der Waals surface area contributed by atoms with Crippen LogP contribution in [0.5, 0.6) is 11.5 Å². The molecule has 5 rings (SSSR count). The van der Waals surface area contributed by atoms with Gasteiger partial charge in [0.2, 0.25) is 16.8 Å². The molecule has 0 fully saturated rings. The number of nitrogens with zero attached hydrogens (tertiary/aromatic N) is 1. The molecule has 140 valence electrons. The maximum absolute atomic E-state index is 12.9. The van der Waals surface area contributed by atoms with Gasteiger partial charge in [0.25, 0.3) is 0 Å². The fourth-order valence-electron chi connectivity index (χ4n) is 4.16. The molecule has 3 aromatic rings. The lowest BCUT2D eigenvalue weighted by atomic mass is 9.92. The summed E-state index contributed by atoms with van der Waals surface area (Å²) in [5.41, 5.74) is 3.74. The lowest BCUT2D eigenvalue weighted by Gasteiger charge is -2.24. The van der Waals surface area contributed by atoms with Gasteiger partial charge in [-0.2, -0.15) is 0 Å². The van der Waals surface area contributed by atoms with Crippen LogP contribution in [0.25, 0.3) is 10.9 Å².